The predicted molar refractivity (Wildman–Crippen MR) is 56.4 cm³/mol. The highest BCUT2D eigenvalue weighted by Gasteiger charge is 2.32. The molecule has 0 saturated heterocycles. The molecular weight excluding hydrogens is 235 g/mol. The highest BCUT2D eigenvalue weighted by molar-refractivity contribution is 5.80. The minimum Gasteiger partial charge on any atom is -0.361 e. The molecular formula is C10H12F3N3O. The van der Waals surface area contributed by atoms with E-state index in [1.54, 1.807) is 6.92 Å². The SMILES string of the molecule is CCNC(=O)CNc1cccc(C(F)(F)F)n1. The van der Waals surface area contributed by atoms with Gasteiger partial charge in [0.1, 0.15) is 11.5 Å². The minimum absolute atomic E-state index is 0.0195. The van der Waals surface area contributed by atoms with E-state index in [0.717, 1.165) is 6.07 Å². The van der Waals surface area contributed by atoms with Crippen molar-refractivity contribution in [3.63, 3.8) is 0 Å². The molecule has 0 spiro atoms. The number of halogens is 3. The second kappa shape index (κ2) is 5.51. The van der Waals surface area contributed by atoms with Crippen molar-refractivity contribution < 1.29 is 18.0 Å². The van der Waals surface area contributed by atoms with Gasteiger partial charge >= 0.3 is 6.18 Å². The third-order valence-electron chi connectivity index (χ3n) is 1.84. The van der Waals surface area contributed by atoms with Gasteiger partial charge in [-0.1, -0.05) is 6.07 Å². The fourth-order valence-electron chi connectivity index (χ4n) is 1.12. The van der Waals surface area contributed by atoms with E-state index in [0.29, 0.717) is 6.54 Å². The van der Waals surface area contributed by atoms with Crippen LogP contribution in [0.15, 0.2) is 18.2 Å². The number of anilines is 1. The van der Waals surface area contributed by atoms with E-state index < -0.39 is 11.9 Å². The van der Waals surface area contributed by atoms with Crippen LogP contribution in [-0.4, -0.2) is 24.0 Å². The van der Waals surface area contributed by atoms with Crippen LogP contribution in [0.4, 0.5) is 19.0 Å². The van der Waals surface area contributed by atoms with E-state index in [-0.39, 0.29) is 18.3 Å². The van der Waals surface area contributed by atoms with Gasteiger partial charge in [-0.25, -0.2) is 4.98 Å². The number of aromatic nitrogens is 1. The first-order chi connectivity index (χ1) is 7.93. The van der Waals surface area contributed by atoms with Gasteiger partial charge in [0.2, 0.25) is 5.91 Å². The molecule has 1 amide bonds. The van der Waals surface area contributed by atoms with Gasteiger partial charge in [0.15, 0.2) is 0 Å². The highest BCUT2D eigenvalue weighted by Crippen LogP contribution is 2.27. The molecule has 0 fully saturated rings. The Morgan fingerprint density at radius 1 is 1.41 bits per heavy atom. The molecule has 94 valence electrons. The molecule has 0 atom stereocenters. The number of hydrogen-bond donors (Lipinski definition) is 2. The number of amides is 1. The van der Waals surface area contributed by atoms with Crippen molar-refractivity contribution in [2.24, 2.45) is 0 Å². The molecule has 1 heterocycles. The Balaban J connectivity index is 2.64. The summed E-state index contributed by atoms with van der Waals surface area (Å²) >= 11 is 0. The number of nitrogens with one attached hydrogen (secondary N) is 2. The maximum atomic E-state index is 12.3. The Kier molecular flexibility index (Phi) is 4.30. The fourth-order valence-corrected chi connectivity index (χ4v) is 1.12. The Morgan fingerprint density at radius 2 is 2.12 bits per heavy atom. The van der Waals surface area contributed by atoms with Crippen LogP contribution >= 0.6 is 0 Å². The van der Waals surface area contributed by atoms with E-state index in [1.165, 1.54) is 12.1 Å². The normalized spacial score (nSPS) is 11.1. The monoisotopic (exact) mass is 247 g/mol. The smallest absolute Gasteiger partial charge is 0.361 e. The third-order valence-corrected chi connectivity index (χ3v) is 1.84. The Morgan fingerprint density at radius 3 is 2.71 bits per heavy atom. The maximum absolute atomic E-state index is 12.3. The highest BCUT2D eigenvalue weighted by atomic mass is 19.4. The number of pyridine rings is 1. The zero-order chi connectivity index (χ0) is 12.9. The lowest BCUT2D eigenvalue weighted by molar-refractivity contribution is -0.141. The number of likely N-dealkylation sites (N-methyl/N-ethyl adjacent to an activating group) is 1. The molecule has 0 aliphatic heterocycles. The average molecular weight is 247 g/mol. The molecule has 0 unspecified atom stereocenters. The minimum atomic E-state index is -4.48. The van der Waals surface area contributed by atoms with Crippen LogP contribution in [0.5, 0.6) is 0 Å². The van der Waals surface area contributed by atoms with Crippen molar-refractivity contribution in [1.29, 1.82) is 0 Å². The van der Waals surface area contributed by atoms with Crippen molar-refractivity contribution in [3.05, 3.63) is 23.9 Å². The van der Waals surface area contributed by atoms with Crippen LogP contribution in [0.2, 0.25) is 0 Å². The van der Waals surface area contributed by atoms with Crippen LogP contribution < -0.4 is 10.6 Å². The zero-order valence-corrected chi connectivity index (χ0v) is 9.14. The largest absolute Gasteiger partial charge is 0.433 e. The molecule has 2 N–H and O–H groups in total. The Hall–Kier alpha value is -1.79. The summed E-state index contributed by atoms with van der Waals surface area (Å²) in [6.45, 7) is 2.11. The first kappa shape index (κ1) is 13.3. The molecule has 1 aromatic rings. The summed E-state index contributed by atoms with van der Waals surface area (Å²) < 4.78 is 37.0. The van der Waals surface area contributed by atoms with E-state index in [9.17, 15) is 18.0 Å². The van der Waals surface area contributed by atoms with Gasteiger partial charge in [-0.3, -0.25) is 4.79 Å². The molecule has 1 aromatic heterocycles. The lowest BCUT2D eigenvalue weighted by Gasteiger charge is -2.09. The second-order valence-corrected chi connectivity index (χ2v) is 3.21. The standard InChI is InChI=1S/C10H12F3N3O/c1-2-14-9(17)6-15-8-5-3-4-7(16-8)10(11,12)13/h3-5H,2,6H2,1H3,(H,14,17)(H,15,16). The molecule has 4 nitrogen and oxygen atoms in total. The fraction of sp³-hybridized carbons (Fsp3) is 0.400. The molecule has 17 heavy (non-hydrogen) atoms. The van der Waals surface area contributed by atoms with Crippen molar-refractivity contribution in [1.82, 2.24) is 10.3 Å². The summed E-state index contributed by atoms with van der Waals surface area (Å²) in [6.07, 6.45) is -4.48. The van der Waals surface area contributed by atoms with Gasteiger partial charge in [0.05, 0.1) is 6.54 Å². The van der Waals surface area contributed by atoms with Gasteiger partial charge in [-0.05, 0) is 19.1 Å². The number of carbonyl (C=O) groups excluding carboxylic acids is 1. The van der Waals surface area contributed by atoms with E-state index >= 15 is 0 Å². The number of nitrogens with zero attached hydrogens (tertiary/aromatic N) is 1. The lowest BCUT2D eigenvalue weighted by Crippen LogP contribution is -2.29. The zero-order valence-electron chi connectivity index (χ0n) is 9.14. The van der Waals surface area contributed by atoms with Gasteiger partial charge in [0.25, 0.3) is 0 Å². The molecule has 0 aliphatic carbocycles. The topological polar surface area (TPSA) is 54.0 Å². The summed E-state index contributed by atoms with van der Waals surface area (Å²) in [4.78, 5) is 14.4. The first-order valence-electron chi connectivity index (χ1n) is 4.98. The van der Waals surface area contributed by atoms with Crippen molar-refractivity contribution in [2.75, 3.05) is 18.4 Å². The number of alkyl halides is 3. The first-order valence-corrected chi connectivity index (χ1v) is 4.98. The summed E-state index contributed by atoms with van der Waals surface area (Å²) in [5.41, 5.74) is -0.988. The average Bonchev–Trinajstić information content (AvgIpc) is 2.26. The van der Waals surface area contributed by atoms with Crippen LogP contribution in [0.25, 0.3) is 0 Å². The summed E-state index contributed by atoms with van der Waals surface area (Å²) in [5, 5.41) is 5.03. The molecule has 0 radical (unpaired) electrons. The molecule has 0 aromatic carbocycles. The molecule has 1 rings (SSSR count). The van der Waals surface area contributed by atoms with Crippen LogP contribution in [-0.2, 0) is 11.0 Å². The van der Waals surface area contributed by atoms with Crippen molar-refractivity contribution in [3.8, 4) is 0 Å². The molecule has 7 heteroatoms. The van der Waals surface area contributed by atoms with Crippen LogP contribution in [0.3, 0.4) is 0 Å². The molecule has 0 aliphatic rings. The van der Waals surface area contributed by atoms with Crippen molar-refractivity contribution >= 4 is 11.7 Å². The van der Waals surface area contributed by atoms with Crippen LogP contribution in [0, 0.1) is 0 Å². The molecule has 0 bridgehead atoms. The quantitative estimate of drug-likeness (QED) is 0.850. The van der Waals surface area contributed by atoms with Gasteiger partial charge < -0.3 is 10.6 Å². The second-order valence-electron chi connectivity index (χ2n) is 3.21. The Labute approximate surface area is 96.2 Å². The van der Waals surface area contributed by atoms with Crippen molar-refractivity contribution in [2.45, 2.75) is 13.1 Å². The lowest BCUT2D eigenvalue weighted by atomic mass is 10.3. The van der Waals surface area contributed by atoms with Gasteiger partial charge in [-0.2, -0.15) is 13.2 Å². The summed E-state index contributed by atoms with van der Waals surface area (Å²) in [5.74, 6) is -0.280. The van der Waals surface area contributed by atoms with Gasteiger partial charge in [0, 0.05) is 6.54 Å². The maximum Gasteiger partial charge on any atom is 0.433 e. The van der Waals surface area contributed by atoms with Crippen LogP contribution in [0.1, 0.15) is 12.6 Å². The number of rotatable bonds is 4. The predicted octanol–water partition coefficient (Wildman–Crippen LogP) is 1.65. The molecule has 0 saturated carbocycles. The third kappa shape index (κ3) is 4.29. The van der Waals surface area contributed by atoms with E-state index in [4.69, 9.17) is 0 Å². The van der Waals surface area contributed by atoms with E-state index in [2.05, 4.69) is 15.6 Å². The number of hydrogen-bond acceptors (Lipinski definition) is 3. The van der Waals surface area contributed by atoms with E-state index in [1.807, 2.05) is 0 Å². The van der Waals surface area contributed by atoms with Gasteiger partial charge in [-0.15, -0.1) is 0 Å². The number of carbonyl (C=O) groups is 1. The Bertz CT molecular complexity index is 393. The summed E-state index contributed by atoms with van der Waals surface area (Å²) in [7, 11) is 0. The summed E-state index contributed by atoms with van der Waals surface area (Å²) in [6, 6.07) is 3.47.